The normalized spacial score (nSPS) is 10.6. The predicted molar refractivity (Wildman–Crippen MR) is 78.4 cm³/mol. The van der Waals surface area contributed by atoms with Gasteiger partial charge in [-0.05, 0) is 20.0 Å². The average Bonchev–Trinajstić information content (AvgIpc) is 2.95. The highest BCUT2D eigenvalue weighted by molar-refractivity contribution is 5.46. The highest BCUT2D eigenvalue weighted by atomic mass is 16.5. The van der Waals surface area contributed by atoms with E-state index in [4.69, 9.17) is 14.0 Å². The lowest BCUT2D eigenvalue weighted by Crippen LogP contribution is -2.09. The second kappa shape index (κ2) is 7.64. The van der Waals surface area contributed by atoms with Crippen LogP contribution in [0.15, 0.2) is 22.7 Å². The molecule has 0 bridgehead atoms. The molecule has 0 amide bonds. The minimum Gasteiger partial charge on any atom is -0.490 e. The lowest BCUT2D eigenvalue weighted by atomic mass is 10.2. The van der Waals surface area contributed by atoms with E-state index in [1.165, 1.54) is 0 Å². The minimum atomic E-state index is 0.254. The van der Waals surface area contributed by atoms with Crippen molar-refractivity contribution in [3.05, 3.63) is 35.5 Å². The van der Waals surface area contributed by atoms with E-state index in [1.54, 1.807) is 0 Å². The van der Waals surface area contributed by atoms with Gasteiger partial charge < -0.3 is 19.3 Å². The molecule has 0 spiro atoms. The molecule has 0 saturated carbocycles. The Bertz CT molecular complexity index is 545. The molecule has 0 atom stereocenters. The first-order valence-electron chi connectivity index (χ1n) is 7.12. The number of benzene rings is 1. The molecule has 2 rings (SSSR count). The van der Waals surface area contributed by atoms with Gasteiger partial charge in [0.05, 0.1) is 6.61 Å². The van der Waals surface area contributed by atoms with Crippen LogP contribution in [0.5, 0.6) is 11.5 Å². The maximum Gasteiger partial charge on any atom is 0.226 e. The van der Waals surface area contributed by atoms with Crippen molar-refractivity contribution in [1.82, 2.24) is 15.5 Å². The molecule has 1 aromatic heterocycles. The third-order valence-corrected chi connectivity index (χ3v) is 2.89. The number of para-hydroxylation sites is 1. The first kappa shape index (κ1) is 15.3. The first-order valence-corrected chi connectivity index (χ1v) is 7.12. The number of hydrogen-bond donors (Lipinski definition) is 1. The minimum absolute atomic E-state index is 0.254. The van der Waals surface area contributed by atoms with Crippen molar-refractivity contribution in [3.8, 4) is 11.5 Å². The van der Waals surface area contributed by atoms with Gasteiger partial charge in [0.2, 0.25) is 11.7 Å². The smallest absolute Gasteiger partial charge is 0.226 e. The summed E-state index contributed by atoms with van der Waals surface area (Å²) in [6.07, 6.45) is 0.716. The van der Waals surface area contributed by atoms with Crippen LogP contribution >= 0.6 is 0 Å². The summed E-state index contributed by atoms with van der Waals surface area (Å²) in [5.41, 5.74) is 1.03. The van der Waals surface area contributed by atoms with E-state index in [0.29, 0.717) is 31.3 Å². The largest absolute Gasteiger partial charge is 0.490 e. The SMILES string of the molecule is CCOc1cccc(CNC)c1OCc1noc(CC)n1. The summed E-state index contributed by atoms with van der Waals surface area (Å²) in [5.74, 6) is 2.59. The number of ether oxygens (including phenoxy) is 2. The standard InChI is InChI=1S/C15H21N3O3/c1-4-14-17-13(18-21-14)10-20-15-11(9-16-3)7-6-8-12(15)19-5-2/h6-8,16H,4-5,9-10H2,1-3H3. The van der Waals surface area contributed by atoms with E-state index >= 15 is 0 Å². The number of nitrogens with one attached hydrogen (secondary N) is 1. The maximum absolute atomic E-state index is 5.87. The van der Waals surface area contributed by atoms with Gasteiger partial charge >= 0.3 is 0 Å². The van der Waals surface area contributed by atoms with Crippen molar-refractivity contribution in [1.29, 1.82) is 0 Å². The summed E-state index contributed by atoms with van der Waals surface area (Å²) in [5, 5.41) is 7.01. The molecule has 0 unspecified atom stereocenters. The number of hydrogen-bond acceptors (Lipinski definition) is 6. The van der Waals surface area contributed by atoms with Gasteiger partial charge in [-0.2, -0.15) is 4.98 Å². The Morgan fingerprint density at radius 2 is 2.10 bits per heavy atom. The molecular formula is C15H21N3O3. The number of rotatable bonds is 8. The third kappa shape index (κ3) is 3.95. The molecule has 1 N–H and O–H groups in total. The number of aromatic nitrogens is 2. The van der Waals surface area contributed by atoms with E-state index in [0.717, 1.165) is 17.1 Å². The summed E-state index contributed by atoms with van der Waals surface area (Å²) in [6, 6.07) is 5.85. The van der Waals surface area contributed by atoms with Crippen LogP contribution in [0.25, 0.3) is 0 Å². The number of nitrogens with zero attached hydrogens (tertiary/aromatic N) is 2. The first-order chi connectivity index (χ1) is 10.3. The molecule has 0 fully saturated rings. The summed E-state index contributed by atoms with van der Waals surface area (Å²) in [4.78, 5) is 4.24. The van der Waals surface area contributed by atoms with Crippen LogP contribution in [-0.4, -0.2) is 23.8 Å². The zero-order valence-corrected chi connectivity index (χ0v) is 12.7. The predicted octanol–water partition coefficient (Wildman–Crippen LogP) is 2.33. The van der Waals surface area contributed by atoms with Crippen molar-refractivity contribution in [2.24, 2.45) is 0 Å². The van der Waals surface area contributed by atoms with Crippen LogP contribution in [0.1, 0.15) is 31.1 Å². The Morgan fingerprint density at radius 3 is 2.76 bits per heavy atom. The zero-order valence-electron chi connectivity index (χ0n) is 12.7. The van der Waals surface area contributed by atoms with Gasteiger partial charge in [-0.1, -0.05) is 24.2 Å². The lowest BCUT2D eigenvalue weighted by molar-refractivity contribution is 0.255. The van der Waals surface area contributed by atoms with Crippen LogP contribution in [0.3, 0.4) is 0 Å². The average molecular weight is 291 g/mol. The van der Waals surface area contributed by atoms with Crippen LogP contribution in [0.2, 0.25) is 0 Å². The van der Waals surface area contributed by atoms with Gasteiger partial charge in [0, 0.05) is 18.5 Å². The summed E-state index contributed by atoms with van der Waals surface area (Å²) in [6.45, 7) is 5.45. The highest BCUT2D eigenvalue weighted by Gasteiger charge is 2.12. The van der Waals surface area contributed by atoms with E-state index in [2.05, 4.69) is 15.5 Å². The Balaban J connectivity index is 2.15. The van der Waals surface area contributed by atoms with Gasteiger partial charge in [-0.3, -0.25) is 0 Å². The topological polar surface area (TPSA) is 69.4 Å². The van der Waals surface area contributed by atoms with Crippen LogP contribution in [-0.2, 0) is 19.6 Å². The molecule has 0 radical (unpaired) electrons. The van der Waals surface area contributed by atoms with Gasteiger partial charge in [0.25, 0.3) is 0 Å². The summed E-state index contributed by atoms with van der Waals surface area (Å²) in [7, 11) is 1.89. The van der Waals surface area contributed by atoms with E-state index < -0.39 is 0 Å². The van der Waals surface area contributed by atoms with Crippen molar-refractivity contribution in [2.75, 3.05) is 13.7 Å². The molecule has 2 aromatic rings. The third-order valence-electron chi connectivity index (χ3n) is 2.89. The zero-order chi connectivity index (χ0) is 15.1. The van der Waals surface area contributed by atoms with Crippen LogP contribution < -0.4 is 14.8 Å². The van der Waals surface area contributed by atoms with Crippen molar-refractivity contribution < 1.29 is 14.0 Å². The molecule has 21 heavy (non-hydrogen) atoms. The Hall–Kier alpha value is -2.08. The second-order valence-electron chi connectivity index (χ2n) is 4.45. The quantitative estimate of drug-likeness (QED) is 0.805. The van der Waals surface area contributed by atoms with Crippen LogP contribution in [0.4, 0.5) is 0 Å². The van der Waals surface area contributed by atoms with Gasteiger partial charge in [0.1, 0.15) is 0 Å². The van der Waals surface area contributed by atoms with E-state index in [-0.39, 0.29) is 6.61 Å². The van der Waals surface area contributed by atoms with E-state index in [9.17, 15) is 0 Å². The fourth-order valence-corrected chi connectivity index (χ4v) is 1.95. The molecule has 0 saturated heterocycles. The number of aryl methyl sites for hydroxylation is 1. The molecule has 0 aliphatic heterocycles. The monoisotopic (exact) mass is 291 g/mol. The van der Waals surface area contributed by atoms with Crippen molar-refractivity contribution in [3.63, 3.8) is 0 Å². The summed E-state index contributed by atoms with van der Waals surface area (Å²) >= 11 is 0. The molecule has 1 heterocycles. The fourth-order valence-electron chi connectivity index (χ4n) is 1.95. The van der Waals surface area contributed by atoms with Gasteiger partial charge in [0.15, 0.2) is 18.1 Å². The van der Waals surface area contributed by atoms with Crippen molar-refractivity contribution >= 4 is 0 Å². The van der Waals surface area contributed by atoms with Gasteiger partial charge in [-0.15, -0.1) is 0 Å². The molecular weight excluding hydrogens is 270 g/mol. The molecule has 0 aliphatic rings. The van der Waals surface area contributed by atoms with Crippen molar-refractivity contribution in [2.45, 2.75) is 33.4 Å². The molecule has 0 aliphatic carbocycles. The Kier molecular flexibility index (Phi) is 5.57. The van der Waals surface area contributed by atoms with Crippen LogP contribution in [0, 0.1) is 0 Å². The fraction of sp³-hybridized carbons (Fsp3) is 0.467. The summed E-state index contributed by atoms with van der Waals surface area (Å²) < 4.78 is 16.6. The highest BCUT2D eigenvalue weighted by Crippen LogP contribution is 2.32. The van der Waals surface area contributed by atoms with Gasteiger partial charge in [-0.25, -0.2) is 0 Å². The Labute approximate surface area is 124 Å². The van der Waals surface area contributed by atoms with E-state index in [1.807, 2.05) is 39.1 Å². The molecule has 114 valence electrons. The molecule has 1 aromatic carbocycles. The molecule has 6 heteroatoms. The second-order valence-corrected chi connectivity index (χ2v) is 4.45. The molecule has 6 nitrogen and oxygen atoms in total. The maximum atomic E-state index is 5.87. The lowest BCUT2D eigenvalue weighted by Gasteiger charge is -2.14. The Morgan fingerprint density at radius 1 is 1.24 bits per heavy atom.